The van der Waals surface area contributed by atoms with Gasteiger partial charge < -0.3 is 14.8 Å². The lowest BCUT2D eigenvalue weighted by Crippen LogP contribution is -2.29. The van der Waals surface area contributed by atoms with Gasteiger partial charge in [0, 0.05) is 18.5 Å². The zero-order valence-electron chi connectivity index (χ0n) is 12.1. The normalized spacial score (nSPS) is 17.6. The summed E-state index contributed by atoms with van der Waals surface area (Å²) in [6.45, 7) is 2.22. The van der Waals surface area contributed by atoms with E-state index < -0.39 is 0 Å². The lowest BCUT2D eigenvalue weighted by atomic mass is 10.1. The number of benzene rings is 1. The van der Waals surface area contributed by atoms with Crippen molar-refractivity contribution in [3.05, 3.63) is 23.8 Å². The molecule has 1 aromatic carbocycles. The Balaban J connectivity index is 1.61. The molecule has 0 bridgehead atoms. The van der Waals surface area contributed by atoms with Crippen molar-refractivity contribution < 1.29 is 14.3 Å². The smallest absolute Gasteiger partial charge is 0.182 e. The standard InChI is InChI=1S/C16H20N2O3/c19-13(11-18-16-4-2-1-3-7-17-16)12-5-6-14-15(10-12)21-9-8-20-14/h5-6,10H,1-4,7-9,11H2,(H,17,18). The van der Waals surface area contributed by atoms with Gasteiger partial charge in [0.05, 0.1) is 12.4 Å². The van der Waals surface area contributed by atoms with Crippen LogP contribution >= 0.6 is 0 Å². The second-order valence-corrected chi connectivity index (χ2v) is 5.27. The first kappa shape index (κ1) is 13.9. The fourth-order valence-corrected chi connectivity index (χ4v) is 2.52. The van der Waals surface area contributed by atoms with Gasteiger partial charge in [-0.25, -0.2) is 0 Å². The molecule has 0 aliphatic carbocycles. The van der Waals surface area contributed by atoms with Crippen LogP contribution in [0.4, 0.5) is 0 Å². The molecule has 2 heterocycles. The van der Waals surface area contributed by atoms with E-state index in [9.17, 15) is 4.79 Å². The molecule has 1 N–H and O–H groups in total. The number of hydrogen-bond donors (Lipinski definition) is 1. The van der Waals surface area contributed by atoms with Crippen LogP contribution in [0.3, 0.4) is 0 Å². The van der Waals surface area contributed by atoms with E-state index in [2.05, 4.69) is 10.3 Å². The molecule has 3 rings (SSSR count). The minimum absolute atomic E-state index is 0.0407. The maximum absolute atomic E-state index is 12.2. The van der Waals surface area contributed by atoms with Crippen molar-refractivity contribution in [2.75, 3.05) is 26.3 Å². The highest BCUT2D eigenvalue weighted by Crippen LogP contribution is 2.30. The van der Waals surface area contributed by atoms with Crippen LogP contribution in [0.5, 0.6) is 11.5 Å². The summed E-state index contributed by atoms with van der Waals surface area (Å²) in [7, 11) is 0. The molecule has 0 unspecified atom stereocenters. The molecule has 2 aliphatic heterocycles. The molecule has 0 atom stereocenters. The summed E-state index contributed by atoms with van der Waals surface area (Å²) in [4.78, 5) is 16.7. The molecular formula is C16H20N2O3. The molecule has 5 heteroatoms. The van der Waals surface area contributed by atoms with Crippen LogP contribution in [0.1, 0.15) is 36.0 Å². The predicted molar refractivity (Wildman–Crippen MR) is 80.5 cm³/mol. The quantitative estimate of drug-likeness (QED) is 0.866. The number of ketones is 1. The van der Waals surface area contributed by atoms with E-state index in [1.165, 1.54) is 6.42 Å². The summed E-state index contributed by atoms with van der Waals surface area (Å²) in [6.07, 6.45) is 4.44. The monoisotopic (exact) mass is 288 g/mol. The topological polar surface area (TPSA) is 59.9 Å². The summed E-state index contributed by atoms with van der Waals surface area (Å²) in [6, 6.07) is 5.34. The van der Waals surface area contributed by atoms with E-state index in [4.69, 9.17) is 9.47 Å². The maximum Gasteiger partial charge on any atom is 0.182 e. The minimum Gasteiger partial charge on any atom is -0.486 e. The minimum atomic E-state index is 0.0407. The third-order valence-electron chi connectivity index (χ3n) is 3.69. The third kappa shape index (κ3) is 3.54. The van der Waals surface area contributed by atoms with Crippen LogP contribution in [-0.4, -0.2) is 37.9 Å². The van der Waals surface area contributed by atoms with Gasteiger partial charge in [-0.3, -0.25) is 9.79 Å². The van der Waals surface area contributed by atoms with Gasteiger partial charge in [0.2, 0.25) is 0 Å². The number of amidine groups is 1. The van der Waals surface area contributed by atoms with Gasteiger partial charge in [0.25, 0.3) is 0 Å². The Bertz CT molecular complexity index is 554. The molecule has 0 radical (unpaired) electrons. The molecule has 1 aromatic rings. The molecule has 0 saturated heterocycles. The number of aliphatic imine (C=N–C) groups is 1. The van der Waals surface area contributed by atoms with E-state index in [1.807, 2.05) is 0 Å². The molecule has 0 saturated carbocycles. The zero-order valence-corrected chi connectivity index (χ0v) is 12.1. The fraction of sp³-hybridized carbons (Fsp3) is 0.500. The van der Waals surface area contributed by atoms with Crippen LogP contribution in [0, 0.1) is 0 Å². The van der Waals surface area contributed by atoms with Crippen molar-refractivity contribution in [1.29, 1.82) is 0 Å². The molecule has 112 valence electrons. The van der Waals surface area contributed by atoms with Gasteiger partial charge in [-0.1, -0.05) is 6.42 Å². The number of fused-ring (bicyclic) bond motifs is 1. The molecule has 0 spiro atoms. The summed E-state index contributed by atoms with van der Waals surface area (Å²) < 4.78 is 11.0. The van der Waals surface area contributed by atoms with E-state index >= 15 is 0 Å². The Morgan fingerprint density at radius 3 is 2.90 bits per heavy atom. The average Bonchev–Trinajstić information content (AvgIpc) is 2.81. The van der Waals surface area contributed by atoms with Crippen molar-refractivity contribution in [2.24, 2.45) is 4.99 Å². The average molecular weight is 288 g/mol. The first-order chi connectivity index (χ1) is 10.3. The molecule has 0 aromatic heterocycles. The number of nitrogens with one attached hydrogen (secondary N) is 1. The van der Waals surface area contributed by atoms with Gasteiger partial charge in [-0.2, -0.15) is 0 Å². The molecule has 2 aliphatic rings. The summed E-state index contributed by atoms with van der Waals surface area (Å²) in [5.41, 5.74) is 0.640. The van der Waals surface area contributed by atoms with Crippen molar-refractivity contribution in [3.8, 4) is 11.5 Å². The van der Waals surface area contributed by atoms with Crippen LogP contribution in [0.25, 0.3) is 0 Å². The van der Waals surface area contributed by atoms with E-state index in [0.29, 0.717) is 30.3 Å². The number of nitrogens with zero attached hydrogens (tertiary/aromatic N) is 1. The molecule has 0 amide bonds. The lowest BCUT2D eigenvalue weighted by molar-refractivity contribution is 0.0995. The number of ether oxygens (including phenoxy) is 2. The summed E-state index contributed by atoms with van der Waals surface area (Å²) >= 11 is 0. The van der Waals surface area contributed by atoms with Gasteiger partial charge >= 0.3 is 0 Å². The predicted octanol–water partition coefficient (Wildman–Crippen LogP) is 2.20. The second kappa shape index (κ2) is 6.61. The Morgan fingerprint density at radius 2 is 2.00 bits per heavy atom. The van der Waals surface area contributed by atoms with Gasteiger partial charge in [0.15, 0.2) is 17.3 Å². The van der Waals surface area contributed by atoms with Crippen molar-refractivity contribution in [2.45, 2.75) is 25.7 Å². The number of carbonyl (C=O) groups is 1. The first-order valence-corrected chi connectivity index (χ1v) is 7.53. The lowest BCUT2D eigenvalue weighted by Gasteiger charge is -2.18. The van der Waals surface area contributed by atoms with E-state index in [1.54, 1.807) is 18.2 Å². The number of hydrogen-bond acceptors (Lipinski definition) is 5. The van der Waals surface area contributed by atoms with Crippen LogP contribution in [-0.2, 0) is 0 Å². The van der Waals surface area contributed by atoms with Crippen LogP contribution in [0.15, 0.2) is 23.2 Å². The van der Waals surface area contributed by atoms with Crippen molar-refractivity contribution >= 4 is 11.6 Å². The first-order valence-electron chi connectivity index (χ1n) is 7.53. The largest absolute Gasteiger partial charge is 0.486 e. The Morgan fingerprint density at radius 1 is 1.14 bits per heavy atom. The van der Waals surface area contributed by atoms with Gasteiger partial charge in [-0.05, 0) is 31.0 Å². The van der Waals surface area contributed by atoms with Crippen LogP contribution in [0.2, 0.25) is 0 Å². The van der Waals surface area contributed by atoms with E-state index in [0.717, 1.165) is 31.6 Å². The Labute approximate surface area is 124 Å². The highest BCUT2D eigenvalue weighted by Gasteiger charge is 2.15. The molecular weight excluding hydrogens is 268 g/mol. The van der Waals surface area contributed by atoms with Crippen LogP contribution < -0.4 is 14.8 Å². The van der Waals surface area contributed by atoms with Gasteiger partial charge in [-0.15, -0.1) is 0 Å². The zero-order chi connectivity index (χ0) is 14.5. The van der Waals surface area contributed by atoms with Crippen molar-refractivity contribution in [3.63, 3.8) is 0 Å². The molecule has 5 nitrogen and oxygen atoms in total. The molecule has 0 fully saturated rings. The van der Waals surface area contributed by atoms with Gasteiger partial charge in [0.1, 0.15) is 13.2 Å². The number of Topliss-reactive ketones (excluding diaryl/α,β-unsaturated/α-hetero) is 1. The Hall–Kier alpha value is -2.04. The summed E-state index contributed by atoms with van der Waals surface area (Å²) in [5.74, 6) is 2.36. The number of rotatable bonds is 3. The van der Waals surface area contributed by atoms with Crippen molar-refractivity contribution in [1.82, 2.24) is 5.32 Å². The number of carbonyl (C=O) groups excluding carboxylic acids is 1. The highest BCUT2D eigenvalue weighted by atomic mass is 16.6. The van der Waals surface area contributed by atoms with E-state index in [-0.39, 0.29) is 12.3 Å². The maximum atomic E-state index is 12.2. The SMILES string of the molecule is O=C(CNC1=NCCCCC1)c1ccc2c(c1)OCCO2. The Kier molecular flexibility index (Phi) is 4.38. The third-order valence-corrected chi connectivity index (χ3v) is 3.69. The highest BCUT2D eigenvalue weighted by molar-refractivity contribution is 6.00. The summed E-state index contributed by atoms with van der Waals surface area (Å²) in [5, 5.41) is 3.17. The molecule has 21 heavy (non-hydrogen) atoms. The second-order valence-electron chi connectivity index (χ2n) is 5.27. The fourth-order valence-electron chi connectivity index (χ4n) is 2.52.